The number of nitrogens with one attached hydrogen (secondary N) is 1. The lowest BCUT2D eigenvalue weighted by atomic mass is 10.1. The number of amides is 1. The zero-order valence-corrected chi connectivity index (χ0v) is 13.3. The number of aromatic nitrogens is 3. The van der Waals surface area contributed by atoms with Crippen LogP contribution in [0.3, 0.4) is 0 Å². The van der Waals surface area contributed by atoms with Crippen molar-refractivity contribution in [1.29, 1.82) is 0 Å². The molecule has 0 aliphatic rings. The molecule has 6 heteroatoms. The molecule has 0 spiro atoms. The Kier molecular flexibility index (Phi) is 5.15. The topological polar surface area (TPSA) is 59.3 Å². The third-order valence-corrected chi connectivity index (χ3v) is 3.86. The monoisotopic (exact) mass is 326 g/mol. The average Bonchev–Trinajstić information content (AvgIpc) is 3.01. The molecule has 1 aromatic carbocycles. The molecule has 0 saturated carbocycles. The maximum Gasteiger partial charge on any atom is 0.220 e. The Balaban J connectivity index is 1.40. The first-order valence-electron chi connectivity index (χ1n) is 8.03. The minimum absolute atomic E-state index is 0.0654. The first-order valence-corrected chi connectivity index (χ1v) is 8.03. The van der Waals surface area contributed by atoms with Crippen molar-refractivity contribution in [2.75, 3.05) is 6.54 Å². The van der Waals surface area contributed by atoms with Crippen LogP contribution in [0.4, 0.5) is 4.39 Å². The number of aryl methyl sites for hydroxylation is 2. The van der Waals surface area contributed by atoms with E-state index in [2.05, 4.69) is 15.5 Å². The number of nitrogens with zero attached hydrogens (tertiary/aromatic N) is 3. The van der Waals surface area contributed by atoms with Crippen molar-refractivity contribution < 1.29 is 9.18 Å². The Labute approximate surface area is 139 Å². The highest BCUT2D eigenvalue weighted by molar-refractivity contribution is 5.76. The third-order valence-electron chi connectivity index (χ3n) is 3.86. The Morgan fingerprint density at radius 2 is 1.92 bits per heavy atom. The van der Waals surface area contributed by atoms with E-state index in [0.29, 0.717) is 18.5 Å². The smallest absolute Gasteiger partial charge is 0.220 e. The summed E-state index contributed by atoms with van der Waals surface area (Å²) in [5, 5.41) is 11.1. The standard InChI is InChI=1S/C18H19FN4O/c19-15-7-2-1-6-14(15)10-11-18(24)20-12-5-9-17-22-21-16-8-3-4-13-23(16)17/h1-4,6-8,13H,5,9-12H2,(H,20,24). The second kappa shape index (κ2) is 7.68. The summed E-state index contributed by atoms with van der Waals surface area (Å²) < 4.78 is 15.4. The Bertz CT molecular complexity index is 831. The molecule has 0 radical (unpaired) electrons. The average molecular weight is 326 g/mol. The van der Waals surface area contributed by atoms with Crippen LogP contribution in [0.1, 0.15) is 24.2 Å². The summed E-state index contributed by atoms with van der Waals surface area (Å²) in [7, 11) is 0. The van der Waals surface area contributed by atoms with E-state index in [0.717, 1.165) is 24.3 Å². The van der Waals surface area contributed by atoms with E-state index in [1.165, 1.54) is 6.07 Å². The molecule has 0 fully saturated rings. The molecule has 2 heterocycles. The molecule has 124 valence electrons. The molecule has 3 aromatic rings. The number of halogens is 1. The lowest BCUT2D eigenvalue weighted by molar-refractivity contribution is -0.121. The van der Waals surface area contributed by atoms with Crippen molar-refractivity contribution in [3.63, 3.8) is 0 Å². The summed E-state index contributed by atoms with van der Waals surface area (Å²) in [5.74, 6) is 0.555. The van der Waals surface area contributed by atoms with Gasteiger partial charge in [0, 0.05) is 25.6 Å². The summed E-state index contributed by atoms with van der Waals surface area (Å²) in [6.45, 7) is 0.567. The van der Waals surface area contributed by atoms with Gasteiger partial charge in [-0.05, 0) is 36.6 Å². The normalized spacial score (nSPS) is 10.9. The van der Waals surface area contributed by atoms with Crippen LogP contribution in [0.15, 0.2) is 48.7 Å². The van der Waals surface area contributed by atoms with Gasteiger partial charge in [0.25, 0.3) is 0 Å². The quantitative estimate of drug-likeness (QED) is 0.679. The molecule has 0 saturated heterocycles. The maximum absolute atomic E-state index is 13.5. The molecule has 0 aliphatic carbocycles. The first-order chi connectivity index (χ1) is 11.7. The number of pyridine rings is 1. The van der Waals surface area contributed by atoms with Gasteiger partial charge in [-0.1, -0.05) is 24.3 Å². The fourth-order valence-corrected chi connectivity index (χ4v) is 2.57. The molecule has 0 unspecified atom stereocenters. The SMILES string of the molecule is O=C(CCc1ccccc1F)NCCCc1nnc2ccccn12. The van der Waals surface area contributed by atoms with Crippen molar-refractivity contribution in [1.82, 2.24) is 19.9 Å². The number of carbonyl (C=O) groups is 1. The molecule has 5 nitrogen and oxygen atoms in total. The molecule has 0 atom stereocenters. The number of carbonyl (C=O) groups excluding carboxylic acids is 1. The van der Waals surface area contributed by atoms with Gasteiger partial charge in [0.2, 0.25) is 5.91 Å². The van der Waals surface area contributed by atoms with E-state index >= 15 is 0 Å². The molecule has 3 rings (SSSR count). The van der Waals surface area contributed by atoms with Gasteiger partial charge in [-0.2, -0.15) is 0 Å². The first kappa shape index (κ1) is 16.1. The van der Waals surface area contributed by atoms with Crippen molar-refractivity contribution in [3.8, 4) is 0 Å². The van der Waals surface area contributed by atoms with Crippen molar-refractivity contribution >= 4 is 11.6 Å². The van der Waals surface area contributed by atoms with Crippen LogP contribution in [0, 0.1) is 5.82 Å². The lowest BCUT2D eigenvalue weighted by Crippen LogP contribution is -2.25. The Morgan fingerprint density at radius 1 is 1.08 bits per heavy atom. The largest absolute Gasteiger partial charge is 0.356 e. The molecule has 2 aromatic heterocycles. The van der Waals surface area contributed by atoms with Gasteiger partial charge in [0.15, 0.2) is 5.65 Å². The molecule has 24 heavy (non-hydrogen) atoms. The number of hydrogen-bond acceptors (Lipinski definition) is 3. The predicted octanol–water partition coefficient (Wildman–Crippen LogP) is 2.55. The summed E-state index contributed by atoms with van der Waals surface area (Å²) in [6.07, 6.45) is 4.14. The van der Waals surface area contributed by atoms with Gasteiger partial charge in [-0.15, -0.1) is 10.2 Å². The number of benzene rings is 1. The molecule has 1 amide bonds. The van der Waals surface area contributed by atoms with Gasteiger partial charge in [-0.25, -0.2) is 4.39 Å². The third kappa shape index (κ3) is 3.95. The Morgan fingerprint density at radius 3 is 2.79 bits per heavy atom. The highest BCUT2D eigenvalue weighted by Gasteiger charge is 2.07. The van der Waals surface area contributed by atoms with Gasteiger partial charge < -0.3 is 5.32 Å². The highest BCUT2D eigenvalue weighted by Crippen LogP contribution is 2.09. The number of hydrogen-bond donors (Lipinski definition) is 1. The number of fused-ring (bicyclic) bond motifs is 1. The molecular formula is C18H19FN4O. The molecule has 0 bridgehead atoms. The zero-order valence-electron chi connectivity index (χ0n) is 13.3. The van der Waals surface area contributed by atoms with E-state index in [1.54, 1.807) is 18.2 Å². The van der Waals surface area contributed by atoms with Crippen LogP contribution in [0.25, 0.3) is 5.65 Å². The van der Waals surface area contributed by atoms with Gasteiger partial charge in [-0.3, -0.25) is 9.20 Å². The summed E-state index contributed by atoms with van der Waals surface area (Å²) in [4.78, 5) is 11.8. The zero-order chi connectivity index (χ0) is 16.8. The summed E-state index contributed by atoms with van der Waals surface area (Å²) in [5.41, 5.74) is 1.39. The molecule has 1 N–H and O–H groups in total. The lowest BCUT2D eigenvalue weighted by Gasteiger charge is -2.06. The second-order valence-corrected chi connectivity index (χ2v) is 5.59. The van der Waals surface area contributed by atoms with Crippen molar-refractivity contribution in [2.45, 2.75) is 25.7 Å². The summed E-state index contributed by atoms with van der Waals surface area (Å²) in [6, 6.07) is 12.3. The van der Waals surface area contributed by atoms with E-state index in [1.807, 2.05) is 28.8 Å². The van der Waals surface area contributed by atoms with Crippen LogP contribution in [0.2, 0.25) is 0 Å². The van der Waals surface area contributed by atoms with Gasteiger partial charge in [0.1, 0.15) is 11.6 Å². The highest BCUT2D eigenvalue weighted by atomic mass is 19.1. The molecular weight excluding hydrogens is 307 g/mol. The van der Waals surface area contributed by atoms with E-state index in [9.17, 15) is 9.18 Å². The van der Waals surface area contributed by atoms with Crippen LogP contribution >= 0.6 is 0 Å². The number of rotatable bonds is 7. The van der Waals surface area contributed by atoms with Crippen LogP contribution in [-0.4, -0.2) is 27.0 Å². The fourth-order valence-electron chi connectivity index (χ4n) is 2.57. The minimum Gasteiger partial charge on any atom is -0.356 e. The van der Waals surface area contributed by atoms with Gasteiger partial charge in [0.05, 0.1) is 0 Å². The maximum atomic E-state index is 13.5. The van der Waals surface area contributed by atoms with E-state index in [4.69, 9.17) is 0 Å². The van der Waals surface area contributed by atoms with Crippen LogP contribution in [0.5, 0.6) is 0 Å². The van der Waals surface area contributed by atoms with Crippen molar-refractivity contribution in [2.24, 2.45) is 0 Å². The fraction of sp³-hybridized carbons (Fsp3) is 0.278. The Hall–Kier alpha value is -2.76. The molecule has 0 aliphatic heterocycles. The minimum atomic E-state index is -0.260. The van der Waals surface area contributed by atoms with E-state index in [-0.39, 0.29) is 18.1 Å². The van der Waals surface area contributed by atoms with Gasteiger partial charge >= 0.3 is 0 Å². The van der Waals surface area contributed by atoms with Crippen LogP contribution < -0.4 is 5.32 Å². The summed E-state index contributed by atoms with van der Waals surface area (Å²) >= 11 is 0. The second-order valence-electron chi connectivity index (χ2n) is 5.59. The van der Waals surface area contributed by atoms with Crippen molar-refractivity contribution in [3.05, 3.63) is 65.9 Å². The van der Waals surface area contributed by atoms with Crippen LogP contribution in [-0.2, 0) is 17.6 Å². The van der Waals surface area contributed by atoms with E-state index < -0.39 is 0 Å². The predicted molar refractivity (Wildman–Crippen MR) is 89.0 cm³/mol.